The quantitative estimate of drug-likeness (QED) is 0.324. The number of hydrogen-bond acceptors (Lipinski definition) is 2. The Kier molecular flexibility index (Phi) is 11.3. The van der Waals surface area contributed by atoms with Crippen LogP contribution in [0, 0.1) is 5.82 Å². The first-order valence-corrected chi connectivity index (χ1v) is 6.81. The highest BCUT2D eigenvalue weighted by atomic mass is 127. The Bertz CT molecular complexity index is 399. The molecule has 2 N–H and O–H groups in total. The van der Waals surface area contributed by atoms with E-state index in [-0.39, 0.29) is 29.8 Å². The van der Waals surface area contributed by atoms with Gasteiger partial charge in [0.1, 0.15) is 5.82 Å². The third kappa shape index (κ3) is 7.62. The molecule has 1 aromatic heterocycles. The molecule has 0 saturated carbocycles. The molecule has 0 aliphatic heterocycles. The molecule has 0 spiro atoms. The van der Waals surface area contributed by atoms with E-state index in [9.17, 15) is 4.39 Å². The topological polar surface area (TPSA) is 49.3 Å². The molecule has 114 valence electrons. The molecule has 0 amide bonds. The second-order valence-electron chi connectivity index (χ2n) is 4.35. The zero-order chi connectivity index (χ0) is 13.9. The third-order valence-corrected chi connectivity index (χ3v) is 2.80. The van der Waals surface area contributed by atoms with Gasteiger partial charge in [-0.25, -0.2) is 4.39 Å². The number of nitrogens with zero attached hydrogens (tertiary/aromatic N) is 2. The first-order chi connectivity index (χ1) is 9.27. The van der Waals surface area contributed by atoms with E-state index in [4.69, 9.17) is 0 Å². The standard InChI is InChI=1S/C14H23FN4.HI/c1-3-4-5-6-9-18-14(16-2)19-11-13-12(15)8-7-10-17-13;/h7-8,10H,3-6,9,11H2,1-2H3,(H2,16,18,19);1H. The van der Waals surface area contributed by atoms with Gasteiger partial charge in [0.05, 0.1) is 12.2 Å². The summed E-state index contributed by atoms with van der Waals surface area (Å²) in [5.74, 6) is 0.384. The molecule has 0 saturated heterocycles. The van der Waals surface area contributed by atoms with Crippen LogP contribution in [0.3, 0.4) is 0 Å². The maximum Gasteiger partial charge on any atom is 0.191 e. The Hall–Kier alpha value is -0.920. The molecule has 0 aromatic carbocycles. The fourth-order valence-corrected chi connectivity index (χ4v) is 1.70. The summed E-state index contributed by atoms with van der Waals surface area (Å²) in [5.41, 5.74) is 0.399. The highest BCUT2D eigenvalue weighted by Gasteiger charge is 2.03. The minimum Gasteiger partial charge on any atom is -0.356 e. The molecule has 0 radical (unpaired) electrons. The first-order valence-electron chi connectivity index (χ1n) is 6.81. The van der Waals surface area contributed by atoms with Crippen LogP contribution in [0.5, 0.6) is 0 Å². The van der Waals surface area contributed by atoms with E-state index in [1.165, 1.54) is 25.3 Å². The number of aliphatic imine (C=N–C) groups is 1. The summed E-state index contributed by atoms with van der Waals surface area (Å²) in [5, 5.41) is 6.26. The Labute approximate surface area is 137 Å². The normalized spacial score (nSPS) is 10.8. The number of pyridine rings is 1. The molecule has 1 heterocycles. The second kappa shape index (κ2) is 11.9. The summed E-state index contributed by atoms with van der Waals surface area (Å²) in [6.45, 7) is 3.40. The van der Waals surface area contributed by atoms with Crippen molar-refractivity contribution in [3.63, 3.8) is 0 Å². The van der Waals surface area contributed by atoms with Crippen LogP contribution in [-0.4, -0.2) is 24.5 Å². The van der Waals surface area contributed by atoms with Crippen LogP contribution in [0.25, 0.3) is 0 Å². The first kappa shape index (κ1) is 19.1. The Morgan fingerprint density at radius 3 is 2.75 bits per heavy atom. The molecule has 0 aliphatic rings. The van der Waals surface area contributed by atoms with Crippen LogP contribution in [0.15, 0.2) is 23.3 Å². The summed E-state index contributed by atoms with van der Waals surface area (Å²) < 4.78 is 13.4. The molecule has 1 aromatic rings. The zero-order valence-electron chi connectivity index (χ0n) is 12.2. The number of nitrogens with one attached hydrogen (secondary N) is 2. The van der Waals surface area contributed by atoms with Crippen molar-refractivity contribution in [1.82, 2.24) is 15.6 Å². The van der Waals surface area contributed by atoms with Crippen molar-refractivity contribution in [2.24, 2.45) is 4.99 Å². The summed E-state index contributed by atoms with van der Waals surface area (Å²) in [7, 11) is 1.70. The van der Waals surface area contributed by atoms with Crippen LogP contribution >= 0.6 is 24.0 Å². The Morgan fingerprint density at radius 1 is 1.30 bits per heavy atom. The van der Waals surface area contributed by atoms with E-state index in [1.807, 2.05) is 0 Å². The van der Waals surface area contributed by atoms with E-state index in [0.717, 1.165) is 13.0 Å². The van der Waals surface area contributed by atoms with Crippen LogP contribution in [0.2, 0.25) is 0 Å². The van der Waals surface area contributed by atoms with E-state index in [0.29, 0.717) is 18.2 Å². The third-order valence-electron chi connectivity index (χ3n) is 2.80. The van der Waals surface area contributed by atoms with Crippen molar-refractivity contribution in [3.8, 4) is 0 Å². The molecular formula is C14H24FIN4. The molecule has 1 rings (SSSR count). The molecule has 0 bridgehead atoms. The molecular weight excluding hydrogens is 370 g/mol. The van der Waals surface area contributed by atoms with Crippen LogP contribution in [0.1, 0.15) is 38.3 Å². The summed E-state index contributed by atoms with van der Waals surface area (Å²) in [6, 6.07) is 2.99. The van der Waals surface area contributed by atoms with Gasteiger partial charge in [-0.1, -0.05) is 26.2 Å². The van der Waals surface area contributed by atoms with Crippen LogP contribution in [0.4, 0.5) is 4.39 Å². The van der Waals surface area contributed by atoms with Crippen molar-refractivity contribution in [3.05, 3.63) is 29.8 Å². The number of guanidine groups is 1. The van der Waals surface area contributed by atoms with E-state index in [2.05, 4.69) is 27.5 Å². The lowest BCUT2D eigenvalue weighted by Crippen LogP contribution is -2.37. The second-order valence-corrected chi connectivity index (χ2v) is 4.35. The van der Waals surface area contributed by atoms with Crippen molar-refractivity contribution in [1.29, 1.82) is 0 Å². The molecule has 6 heteroatoms. The lowest BCUT2D eigenvalue weighted by molar-refractivity contribution is 0.591. The average molecular weight is 394 g/mol. The van der Waals surface area contributed by atoms with Crippen molar-refractivity contribution >= 4 is 29.9 Å². The fraction of sp³-hybridized carbons (Fsp3) is 0.571. The van der Waals surface area contributed by atoms with Gasteiger partial charge in [-0.3, -0.25) is 9.98 Å². The maximum absolute atomic E-state index is 13.4. The molecule has 0 atom stereocenters. The number of unbranched alkanes of at least 4 members (excludes halogenated alkanes) is 3. The number of rotatable bonds is 7. The van der Waals surface area contributed by atoms with Crippen molar-refractivity contribution in [2.45, 2.75) is 39.2 Å². The van der Waals surface area contributed by atoms with Gasteiger partial charge < -0.3 is 10.6 Å². The molecule has 0 aliphatic carbocycles. The van der Waals surface area contributed by atoms with Gasteiger partial charge >= 0.3 is 0 Å². The van der Waals surface area contributed by atoms with Crippen LogP contribution in [-0.2, 0) is 6.54 Å². The highest BCUT2D eigenvalue weighted by molar-refractivity contribution is 14.0. The SMILES string of the molecule is CCCCCCNC(=NC)NCc1ncccc1F.I. The minimum atomic E-state index is -0.298. The van der Waals surface area contributed by atoms with Gasteiger partial charge in [0.2, 0.25) is 0 Å². The zero-order valence-corrected chi connectivity index (χ0v) is 14.5. The van der Waals surface area contributed by atoms with Gasteiger partial charge in [0.25, 0.3) is 0 Å². The highest BCUT2D eigenvalue weighted by Crippen LogP contribution is 2.01. The molecule has 0 unspecified atom stereocenters. The minimum absolute atomic E-state index is 0. The van der Waals surface area contributed by atoms with Gasteiger partial charge in [-0.2, -0.15) is 0 Å². The lowest BCUT2D eigenvalue weighted by atomic mass is 10.2. The smallest absolute Gasteiger partial charge is 0.191 e. The van der Waals surface area contributed by atoms with Gasteiger partial charge in [0.15, 0.2) is 5.96 Å². The monoisotopic (exact) mass is 394 g/mol. The summed E-state index contributed by atoms with van der Waals surface area (Å²) in [4.78, 5) is 8.08. The molecule has 0 fully saturated rings. The number of halogens is 2. The van der Waals surface area contributed by atoms with Crippen molar-refractivity contribution in [2.75, 3.05) is 13.6 Å². The molecule has 20 heavy (non-hydrogen) atoms. The van der Waals surface area contributed by atoms with E-state index in [1.54, 1.807) is 19.3 Å². The predicted octanol–water partition coefficient (Wildman–Crippen LogP) is 3.08. The van der Waals surface area contributed by atoms with Gasteiger partial charge in [-0.15, -0.1) is 24.0 Å². The fourth-order valence-electron chi connectivity index (χ4n) is 1.70. The Morgan fingerprint density at radius 2 is 2.10 bits per heavy atom. The molecule has 4 nitrogen and oxygen atoms in total. The van der Waals surface area contributed by atoms with E-state index < -0.39 is 0 Å². The van der Waals surface area contributed by atoms with E-state index >= 15 is 0 Å². The number of aromatic nitrogens is 1. The Balaban J connectivity index is 0.00000361. The summed E-state index contributed by atoms with van der Waals surface area (Å²) >= 11 is 0. The van der Waals surface area contributed by atoms with Gasteiger partial charge in [0, 0.05) is 19.8 Å². The summed E-state index contributed by atoms with van der Waals surface area (Å²) in [6.07, 6.45) is 6.40. The van der Waals surface area contributed by atoms with Crippen LogP contribution < -0.4 is 10.6 Å². The lowest BCUT2D eigenvalue weighted by Gasteiger charge is -2.11. The predicted molar refractivity (Wildman–Crippen MR) is 92.0 cm³/mol. The average Bonchev–Trinajstić information content (AvgIpc) is 2.43. The number of hydrogen-bond donors (Lipinski definition) is 2. The van der Waals surface area contributed by atoms with Gasteiger partial charge in [-0.05, 0) is 18.6 Å². The van der Waals surface area contributed by atoms with Crippen molar-refractivity contribution < 1.29 is 4.39 Å². The maximum atomic E-state index is 13.4. The largest absolute Gasteiger partial charge is 0.356 e.